The number of benzene rings is 2. The van der Waals surface area contributed by atoms with Crippen LogP contribution in [0.2, 0.25) is 5.02 Å². The van der Waals surface area contributed by atoms with Crippen molar-refractivity contribution in [2.75, 3.05) is 31.6 Å². The van der Waals surface area contributed by atoms with Crippen molar-refractivity contribution in [1.29, 1.82) is 0 Å². The number of ether oxygens (including phenoxy) is 1. The zero-order valence-electron chi connectivity index (χ0n) is 33.0. The Labute approximate surface area is 331 Å². The first-order chi connectivity index (χ1) is 25.5. The zero-order chi connectivity index (χ0) is 39.2. The van der Waals surface area contributed by atoms with E-state index in [2.05, 4.69) is 40.7 Å². The highest BCUT2D eigenvalue weighted by atomic mass is 35.5. The van der Waals surface area contributed by atoms with Gasteiger partial charge >= 0.3 is 6.03 Å². The fourth-order valence-electron chi connectivity index (χ4n) is 6.90. The quantitative estimate of drug-likeness (QED) is 0.152. The topological polar surface area (TPSA) is 78.3 Å². The summed E-state index contributed by atoms with van der Waals surface area (Å²) < 4.78 is 6.31. The maximum Gasteiger partial charge on any atom is 0.325 e. The summed E-state index contributed by atoms with van der Waals surface area (Å²) in [5.74, 6) is 1.39. The SMILES string of the molecule is CCOc1cc(C(C)(C)C)ncc1C(=NC(C)(C)C1C=CC(Cl)=CC1)N(Cc1ccc(Cl)cc1)C(=O)N1CCC(CC(=O)N(C)c2cccc(C)c2)CC1. The van der Waals surface area contributed by atoms with E-state index in [4.69, 9.17) is 37.9 Å². The lowest BCUT2D eigenvalue weighted by Crippen LogP contribution is -2.50. The molecule has 1 saturated heterocycles. The number of carbonyl (C=O) groups excluding carboxylic acids is 2. The molecule has 5 rings (SSSR count). The van der Waals surface area contributed by atoms with Crippen molar-refractivity contribution in [2.24, 2.45) is 16.8 Å². The Balaban J connectivity index is 1.51. The lowest BCUT2D eigenvalue weighted by Gasteiger charge is -2.38. The molecule has 1 aliphatic heterocycles. The van der Waals surface area contributed by atoms with Crippen LogP contribution in [0.4, 0.5) is 10.5 Å². The number of piperidine rings is 1. The van der Waals surface area contributed by atoms with Crippen LogP contribution in [-0.2, 0) is 16.8 Å². The van der Waals surface area contributed by atoms with Crippen LogP contribution in [0.5, 0.6) is 5.75 Å². The number of pyridine rings is 1. The molecule has 2 aliphatic rings. The van der Waals surface area contributed by atoms with Gasteiger partial charge in [0.1, 0.15) is 11.6 Å². The number of hydrogen-bond acceptors (Lipinski definition) is 5. The molecule has 288 valence electrons. The number of halogens is 2. The number of aliphatic imine (C=N–C) groups is 1. The van der Waals surface area contributed by atoms with Gasteiger partial charge < -0.3 is 14.5 Å². The Kier molecular flexibility index (Phi) is 13.3. The van der Waals surface area contributed by atoms with Crippen molar-refractivity contribution in [3.8, 4) is 5.75 Å². The van der Waals surface area contributed by atoms with E-state index in [0.717, 1.165) is 41.8 Å². The van der Waals surface area contributed by atoms with Crippen molar-refractivity contribution in [1.82, 2.24) is 14.8 Å². The third-order valence-electron chi connectivity index (χ3n) is 10.4. The van der Waals surface area contributed by atoms with Gasteiger partial charge in [-0.1, -0.05) is 80.4 Å². The van der Waals surface area contributed by atoms with Crippen molar-refractivity contribution in [3.05, 3.63) is 111 Å². The number of amides is 3. The molecule has 1 aliphatic carbocycles. The molecule has 3 aromatic rings. The van der Waals surface area contributed by atoms with Gasteiger partial charge in [-0.15, -0.1) is 0 Å². The number of aryl methyl sites for hydroxylation is 1. The number of allylic oxidation sites excluding steroid dienone is 3. The molecule has 0 N–H and O–H groups in total. The van der Waals surface area contributed by atoms with E-state index < -0.39 is 5.54 Å². The van der Waals surface area contributed by atoms with E-state index in [1.807, 2.05) is 92.5 Å². The van der Waals surface area contributed by atoms with E-state index in [-0.39, 0.29) is 35.7 Å². The molecule has 2 heterocycles. The molecule has 0 spiro atoms. The van der Waals surface area contributed by atoms with Crippen LogP contribution in [-0.4, -0.2) is 64.8 Å². The van der Waals surface area contributed by atoms with E-state index >= 15 is 4.79 Å². The summed E-state index contributed by atoms with van der Waals surface area (Å²) in [7, 11) is 1.83. The van der Waals surface area contributed by atoms with Crippen molar-refractivity contribution < 1.29 is 14.3 Å². The number of amidine groups is 1. The molecule has 1 fully saturated rings. The summed E-state index contributed by atoms with van der Waals surface area (Å²) >= 11 is 12.6. The molecule has 3 amide bonds. The van der Waals surface area contributed by atoms with Crippen LogP contribution >= 0.6 is 23.2 Å². The van der Waals surface area contributed by atoms with Crippen LogP contribution in [0, 0.1) is 18.8 Å². The number of carbonyl (C=O) groups is 2. The summed E-state index contributed by atoms with van der Waals surface area (Å²) in [4.78, 5) is 44.1. The van der Waals surface area contributed by atoms with Crippen molar-refractivity contribution >= 4 is 46.7 Å². The standard InChI is InChI=1S/C44H55Cl2N5O3/c1-9-54-38-27-39(43(3,4)5)47-28-37(38)41(48-44(6,7)33-15-19-35(46)20-16-33)51(29-32-13-17-34(45)18-14-32)42(53)50-23-21-31(22-24-50)26-40(52)49(8)36-12-10-11-30(2)25-36/h10-15,17-20,25,27-28,31,33H,9,16,21-24,26,29H2,1-8H3. The highest BCUT2D eigenvalue weighted by molar-refractivity contribution is 6.31. The van der Waals surface area contributed by atoms with Gasteiger partial charge in [0.2, 0.25) is 5.91 Å². The maximum atomic E-state index is 15.0. The predicted octanol–water partition coefficient (Wildman–Crippen LogP) is 10.4. The molecule has 54 heavy (non-hydrogen) atoms. The molecule has 8 nitrogen and oxygen atoms in total. The minimum absolute atomic E-state index is 0.0334. The van der Waals surface area contributed by atoms with Gasteiger partial charge in [0.25, 0.3) is 0 Å². The number of hydrogen-bond donors (Lipinski definition) is 0. The van der Waals surface area contributed by atoms with E-state index in [1.54, 1.807) is 16.0 Å². The second-order valence-electron chi connectivity index (χ2n) is 16.0. The van der Waals surface area contributed by atoms with Crippen LogP contribution in [0.3, 0.4) is 0 Å². The first-order valence-corrected chi connectivity index (χ1v) is 19.7. The second-order valence-corrected chi connectivity index (χ2v) is 16.9. The first kappa shape index (κ1) is 41.0. The summed E-state index contributed by atoms with van der Waals surface area (Å²) in [6.07, 6.45) is 10.4. The van der Waals surface area contributed by atoms with Crippen LogP contribution in [0.1, 0.15) is 89.6 Å². The highest BCUT2D eigenvalue weighted by Crippen LogP contribution is 2.35. The van der Waals surface area contributed by atoms with E-state index in [0.29, 0.717) is 53.3 Å². The number of aromatic nitrogens is 1. The predicted molar refractivity (Wildman–Crippen MR) is 222 cm³/mol. The maximum absolute atomic E-state index is 15.0. The first-order valence-electron chi connectivity index (χ1n) is 19.0. The molecular formula is C44H55Cl2N5O3. The normalized spacial score (nSPS) is 16.9. The number of likely N-dealkylation sites (tertiary alicyclic amines) is 1. The number of rotatable bonds is 10. The summed E-state index contributed by atoms with van der Waals surface area (Å²) in [5, 5.41) is 1.33. The Bertz CT molecular complexity index is 1890. The molecule has 0 bridgehead atoms. The van der Waals surface area contributed by atoms with Gasteiger partial charge in [-0.2, -0.15) is 0 Å². The summed E-state index contributed by atoms with van der Waals surface area (Å²) in [6.45, 7) is 16.2. The van der Waals surface area contributed by atoms with Crippen LogP contribution in [0.15, 0.2) is 89.0 Å². The Morgan fingerprint density at radius 3 is 2.33 bits per heavy atom. The van der Waals surface area contributed by atoms with E-state index in [1.165, 1.54) is 0 Å². The molecular weight excluding hydrogens is 717 g/mol. The molecule has 1 atom stereocenters. The van der Waals surface area contributed by atoms with Crippen LogP contribution in [0.25, 0.3) is 0 Å². The Morgan fingerprint density at radius 1 is 1.02 bits per heavy atom. The fourth-order valence-corrected chi connectivity index (χ4v) is 7.19. The molecule has 0 radical (unpaired) electrons. The van der Waals surface area contributed by atoms with Crippen molar-refractivity contribution in [2.45, 2.75) is 91.6 Å². The molecule has 1 aromatic heterocycles. The fraction of sp³-hybridized carbons (Fsp3) is 0.455. The third-order valence-corrected chi connectivity index (χ3v) is 10.9. The molecule has 0 saturated carbocycles. The summed E-state index contributed by atoms with van der Waals surface area (Å²) in [5.41, 5.74) is 3.57. The van der Waals surface area contributed by atoms with Gasteiger partial charge in [0.05, 0.1) is 24.3 Å². The lowest BCUT2D eigenvalue weighted by molar-refractivity contribution is -0.119. The molecule has 2 aromatic carbocycles. The summed E-state index contributed by atoms with van der Waals surface area (Å²) in [6, 6.07) is 17.3. The van der Waals surface area contributed by atoms with Gasteiger partial charge in [0.15, 0.2) is 0 Å². The van der Waals surface area contributed by atoms with Gasteiger partial charge in [0, 0.05) is 71.6 Å². The second kappa shape index (κ2) is 17.5. The number of nitrogens with zero attached hydrogens (tertiary/aromatic N) is 5. The number of urea groups is 1. The van der Waals surface area contributed by atoms with Gasteiger partial charge in [-0.3, -0.25) is 19.7 Å². The average molecular weight is 773 g/mol. The average Bonchev–Trinajstić information content (AvgIpc) is 3.13. The Morgan fingerprint density at radius 2 is 1.72 bits per heavy atom. The van der Waals surface area contributed by atoms with Gasteiger partial charge in [-0.25, -0.2) is 4.79 Å². The van der Waals surface area contributed by atoms with E-state index in [9.17, 15) is 4.79 Å². The third kappa shape index (κ3) is 10.3. The number of anilines is 1. The minimum atomic E-state index is -0.638. The minimum Gasteiger partial charge on any atom is -0.493 e. The lowest BCUT2D eigenvalue weighted by atomic mass is 9.83. The largest absolute Gasteiger partial charge is 0.493 e. The van der Waals surface area contributed by atoms with Gasteiger partial charge in [-0.05, 0) is 94.3 Å². The molecule has 10 heteroatoms. The zero-order valence-corrected chi connectivity index (χ0v) is 34.5. The molecule has 1 unspecified atom stereocenters. The Hall–Kier alpha value is -4.14. The monoisotopic (exact) mass is 771 g/mol. The smallest absolute Gasteiger partial charge is 0.325 e. The van der Waals surface area contributed by atoms with Crippen LogP contribution < -0.4 is 9.64 Å². The highest BCUT2D eigenvalue weighted by Gasteiger charge is 2.36. The van der Waals surface area contributed by atoms with Crippen molar-refractivity contribution in [3.63, 3.8) is 0 Å².